The smallest absolute Gasteiger partial charge is 0.333 e. The highest BCUT2D eigenvalue weighted by atomic mass is 19.1. The standard InChI is InChI=1S/C24H24FN3O4/c1-4-13-27-21(16-7-11-18(31-2)12-8-16)22(24(30)32-3)28-20(23(27)29)14-19(26-28)15-5-9-17(25)10-6-15/h5-12,14,21-22H,4,13H2,1-3H3/t21-,22+/m1/s1. The van der Waals surface area contributed by atoms with E-state index in [4.69, 9.17) is 9.47 Å². The van der Waals surface area contributed by atoms with Gasteiger partial charge in [-0.15, -0.1) is 0 Å². The maximum atomic E-state index is 13.5. The number of esters is 1. The summed E-state index contributed by atoms with van der Waals surface area (Å²) in [6.45, 7) is 2.43. The number of carbonyl (C=O) groups excluding carboxylic acids is 2. The maximum absolute atomic E-state index is 13.5. The lowest BCUT2D eigenvalue weighted by Gasteiger charge is -2.40. The molecule has 0 spiro atoms. The fraction of sp³-hybridized carbons (Fsp3) is 0.292. The first kappa shape index (κ1) is 21.5. The molecule has 0 saturated heterocycles. The van der Waals surface area contributed by atoms with Crippen molar-refractivity contribution in [1.82, 2.24) is 14.7 Å². The molecule has 1 aromatic heterocycles. The third-order valence-electron chi connectivity index (χ3n) is 5.62. The van der Waals surface area contributed by atoms with Gasteiger partial charge in [-0.1, -0.05) is 19.1 Å². The van der Waals surface area contributed by atoms with Gasteiger partial charge in [0, 0.05) is 12.1 Å². The Balaban J connectivity index is 1.87. The van der Waals surface area contributed by atoms with E-state index in [0.717, 1.165) is 5.56 Å². The van der Waals surface area contributed by atoms with Crippen LogP contribution < -0.4 is 4.74 Å². The predicted octanol–water partition coefficient (Wildman–Crippen LogP) is 4.02. The van der Waals surface area contributed by atoms with Crippen LogP contribution >= 0.6 is 0 Å². The third kappa shape index (κ3) is 3.72. The van der Waals surface area contributed by atoms with Crippen LogP contribution in [0.3, 0.4) is 0 Å². The number of hydrogen-bond acceptors (Lipinski definition) is 5. The van der Waals surface area contributed by atoms with Crippen molar-refractivity contribution in [3.8, 4) is 17.0 Å². The highest BCUT2D eigenvalue weighted by Gasteiger charge is 2.45. The first-order chi connectivity index (χ1) is 15.5. The third-order valence-corrected chi connectivity index (χ3v) is 5.62. The van der Waals surface area contributed by atoms with Gasteiger partial charge < -0.3 is 14.4 Å². The Morgan fingerprint density at radius 2 is 1.78 bits per heavy atom. The number of rotatable bonds is 6. The predicted molar refractivity (Wildman–Crippen MR) is 116 cm³/mol. The van der Waals surface area contributed by atoms with E-state index in [2.05, 4.69) is 5.10 Å². The minimum absolute atomic E-state index is 0.228. The lowest BCUT2D eigenvalue weighted by Crippen LogP contribution is -2.48. The number of methoxy groups -OCH3 is 2. The number of benzene rings is 2. The zero-order chi connectivity index (χ0) is 22.8. The van der Waals surface area contributed by atoms with E-state index < -0.39 is 18.1 Å². The minimum atomic E-state index is -0.873. The van der Waals surface area contributed by atoms with Gasteiger partial charge in [0.2, 0.25) is 0 Å². The molecule has 0 fully saturated rings. The molecule has 2 atom stereocenters. The molecule has 1 amide bonds. The van der Waals surface area contributed by atoms with Crippen LogP contribution in [0.4, 0.5) is 4.39 Å². The number of amides is 1. The molecule has 0 bridgehead atoms. The SMILES string of the molecule is CCCN1C(=O)c2cc(-c3ccc(F)cc3)nn2[C@H](C(=O)OC)[C@H]1c1ccc(OC)cc1. The topological polar surface area (TPSA) is 73.7 Å². The van der Waals surface area contributed by atoms with Gasteiger partial charge in [0.15, 0.2) is 6.04 Å². The first-order valence-corrected chi connectivity index (χ1v) is 10.4. The second kappa shape index (κ2) is 8.82. The van der Waals surface area contributed by atoms with E-state index in [1.165, 1.54) is 23.9 Å². The molecular weight excluding hydrogens is 413 g/mol. The summed E-state index contributed by atoms with van der Waals surface area (Å²) < 4.78 is 25.2. The number of fused-ring (bicyclic) bond motifs is 1. The van der Waals surface area contributed by atoms with E-state index in [-0.39, 0.29) is 17.4 Å². The fourth-order valence-corrected chi connectivity index (χ4v) is 4.10. The van der Waals surface area contributed by atoms with Gasteiger partial charge in [0.1, 0.15) is 17.3 Å². The van der Waals surface area contributed by atoms with Crippen LogP contribution in [0.1, 0.15) is 41.5 Å². The molecule has 0 radical (unpaired) electrons. The van der Waals surface area contributed by atoms with Gasteiger partial charge in [-0.3, -0.25) is 4.79 Å². The Morgan fingerprint density at radius 1 is 1.09 bits per heavy atom. The van der Waals surface area contributed by atoms with Crippen LogP contribution in [-0.2, 0) is 9.53 Å². The molecule has 4 rings (SSSR count). The molecule has 7 nitrogen and oxygen atoms in total. The Labute approximate surface area is 185 Å². The summed E-state index contributed by atoms with van der Waals surface area (Å²) in [5, 5.41) is 4.58. The number of aromatic nitrogens is 2. The zero-order valence-corrected chi connectivity index (χ0v) is 18.1. The summed E-state index contributed by atoms with van der Waals surface area (Å²) in [5.41, 5.74) is 2.19. The number of carbonyl (C=O) groups is 2. The minimum Gasteiger partial charge on any atom is -0.497 e. The Bertz CT molecular complexity index is 1130. The van der Waals surface area contributed by atoms with Crippen LogP contribution in [0.2, 0.25) is 0 Å². The largest absolute Gasteiger partial charge is 0.497 e. The first-order valence-electron chi connectivity index (χ1n) is 10.4. The van der Waals surface area contributed by atoms with Gasteiger partial charge >= 0.3 is 5.97 Å². The van der Waals surface area contributed by atoms with Crippen LogP contribution in [0.25, 0.3) is 11.3 Å². The van der Waals surface area contributed by atoms with E-state index >= 15 is 0 Å². The summed E-state index contributed by atoms with van der Waals surface area (Å²) >= 11 is 0. The van der Waals surface area contributed by atoms with E-state index in [9.17, 15) is 14.0 Å². The monoisotopic (exact) mass is 437 g/mol. The van der Waals surface area contributed by atoms with Crippen molar-refractivity contribution >= 4 is 11.9 Å². The molecule has 3 aromatic rings. The van der Waals surface area contributed by atoms with Gasteiger partial charge in [-0.05, 0) is 54.4 Å². The van der Waals surface area contributed by atoms with Crippen molar-refractivity contribution in [1.29, 1.82) is 0 Å². The molecule has 2 aromatic carbocycles. The van der Waals surface area contributed by atoms with Crippen molar-refractivity contribution in [3.63, 3.8) is 0 Å². The molecule has 0 aliphatic carbocycles. The molecule has 0 unspecified atom stereocenters. The van der Waals surface area contributed by atoms with E-state index in [0.29, 0.717) is 30.0 Å². The average molecular weight is 437 g/mol. The van der Waals surface area contributed by atoms with Crippen LogP contribution in [0, 0.1) is 5.82 Å². The summed E-state index contributed by atoms with van der Waals surface area (Å²) in [7, 11) is 2.89. The second-order valence-corrected chi connectivity index (χ2v) is 7.55. The molecule has 1 aliphatic rings. The average Bonchev–Trinajstić information content (AvgIpc) is 3.26. The quantitative estimate of drug-likeness (QED) is 0.545. The molecule has 0 N–H and O–H groups in total. The molecule has 0 saturated carbocycles. The van der Waals surface area contributed by atoms with Crippen LogP contribution in [0.15, 0.2) is 54.6 Å². The molecule has 8 heteroatoms. The van der Waals surface area contributed by atoms with Crippen molar-refractivity contribution in [2.75, 3.05) is 20.8 Å². The van der Waals surface area contributed by atoms with Gasteiger partial charge in [0.05, 0.1) is 26.0 Å². The van der Waals surface area contributed by atoms with E-state index in [1.54, 1.807) is 42.3 Å². The summed E-state index contributed by atoms with van der Waals surface area (Å²) in [4.78, 5) is 28.2. The highest BCUT2D eigenvalue weighted by molar-refractivity contribution is 5.96. The Hall–Kier alpha value is -3.68. The van der Waals surface area contributed by atoms with Gasteiger partial charge in [-0.2, -0.15) is 5.10 Å². The van der Waals surface area contributed by atoms with Crippen LogP contribution in [0.5, 0.6) is 5.75 Å². The molecule has 32 heavy (non-hydrogen) atoms. The summed E-state index contributed by atoms with van der Waals surface area (Å²) in [6.07, 6.45) is 0.714. The molecule has 1 aliphatic heterocycles. The number of hydrogen-bond donors (Lipinski definition) is 0. The normalized spacial score (nSPS) is 17.8. The van der Waals surface area contributed by atoms with Crippen molar-refractivity contribution < 1.29 is 23.5 Å². The molecular formula is C24H24FN3O4. The zero-order valence-electron chi connectivity index (χ0n) is 18.1. The highest BCUT2D eigenvalue weighted by Crippen LogP contribution is 2.40. The summed E-state index contributed by atoms with van der Waals surface area (Å²) in [6, 6.07) is 13.3. The molecule has 166 valence electrons. The lowest BCUT2D eigenvalue weighted by molar-refractivity contribution is -0.147. The van der Waals surface area contributed by atoms with Crippen molar-refractivity contribution in [2.45, 2.75) is 25.4 Å². The molecule has 2 heterocycles. The number of nitrogens with zero attached hydrogens (tertiary/aromatic N) is 3. The fourth-order valence-electron chi connectivity index (χ4n) is 4.10. The number of halogens is 1. The second-order valence-electron chi connectivity index (χ2n) is 7.55. The number of ether oxygens (including phenoxy) is 2. The summed E-state index contributed by atoms with van der Waals surface area (Å²) in [5.74, 6) is -0.427. The van der Waals surface area contributed by atoms with Gasteiger partial charge in [-0.25, -0.2) is 13.9 Å². The Morgan fingerprint density at radius 3 is 2.38 bits per heavy atom. The van der Waals surface area contributed by atoms with Crippen LogP contribution in [-0.4, -0.2) is 47.3 Å². The van der Waals surface area contributed by atoms with Gasteiger partial charge in [0.25, 0.3) is 5.91 Å². The lowest BCUT2D eigenvalue weighted by atomic mass is 9.94. The Kier molecular flexibility index (Phi) is 5.94. The maximum Gasteiger partial charge on any atom is 0.333 e. The van der Waals surface area contributed by atoms with E-state index in [1.807, 2.05) is 19.1 Å². The van der Waals surface area contributed by atoms with Crippen molar-refractivity contribution in [3.05, 3.63) is 71.7 Å². The van der Waals surface area contributed by atoms with Crippen molar-refractivity contribution in [2.24, 2.45) is 0 Å².